The lowest BCUT2D eigenvalue weighted by atomic mass is 10.1. The van der Waals surface area contributed by atoms with E-state index in [0.717, 1.165) is 0 Å². The molecule has 0 unspecified atom stereocenters. The predicted molar refractivity (Wildman–Crippen MR) is 49.1 cm³/mol. The summed E-state index contributed by atoms with van der Waals surface area (Å²) in [5.74, 6) is 0.340. The summed E-state index contributed by atoms with van der Waals surface area (Å²) in [6, 6.07) is 4.21. The molecule has 0 fully saturated rings. The Hall–Kier alpha value is -1.39. The first-order valence-electron chi connectivity index (χ1n) is 4.39. The zero-order chi connectivity index (χ0) is 11.5. The summed E-state index contributed by atoms with van der Waals surface area (Å²) >= 11 is 0. The summed E-state index contributed by atoms with van der Waals surface area (Å²) in [5.41, 5.74) is 0.465. The molecule has 0 saturated heterocycles. The maximum Gasteiger partial charge on any atom is 0.573 e. The molecule has 0 amide bonds. The maximum absolute atomic E-state index is 12.0. The third-order valence-electron chi connectivity index (χ3n) is 1.87. The molecule has 0 radical (unpaired) electrons. The number of halogens is 3. The summed E-state index contributed by atoms with van der Waals surface area (Å²) in [6.45, 7) is 1.75. The van der Waals surface area contributed by atoms with Gasteiger partial charge in [0.2, 0.25) is 0 Å². The van der Waals surface area contributed by atoms with Crippen molar-refractivity contribution in [1.82, 2.24) is 0 Å². The lowest BCUT2D eigenvalue weighted by Crippen LogP contribution is -2.18. The number of hydrogen-bond donors (Lipinski definition) is 0. The van der Waals surface area contributed by atoms with Crippen molar-refractivity contribution >= 4 is 0 Å². The topological polar surface area (TPSA) is 18.5 Å². The Morgan fingerprint density at radius 3 is 2.40 bits per heavy atom. The number of ether oxygens (including phenoxy) is 2. The normalized spacial score (nSPS) is 11.3. The molecular formula is C10H11F3O2. The molecule has 0 spiro atoms. The molecule has 0 N–H and O–H groups in total. The molecule has 0 aromatic heterocycles. The van der Waals surface area contributed by atoms with Gasteiger partial charge in [0.15, 0.2) is 0 Å². The van der Waals surface area contributed by atoms with Crippen LogP contribution in [0.2, 0.25) is 0 Å². The van der Waals surface area contributed by atoms with Gasteiger partial charge in [-0.2, -0.15) is 0 Å². The van der Waals surface area contributed by atoms with Gasteiger partial charge in [-0.05, 0) is 30.2 Å². The molecule has 84 valence electrons. The van der Waals surface area contributed by atoms with Crippen LogP contribution in [0, 0.1) is 0 Å². The molecule has 2 nitrogen and oxygen atoms in total. The summed E-state index contributed by atoms with van der Waals surface area (Å²) in [6.07, 6.45) is -4.21. The maximum atomic E-state index is 12.0. The van der Waals surface area contributed by atoms with Gasteiger partial charge in [0.05, 0.1) is 7.11 Å². The second-order valence-electron chi connectivity index (χ2n) is 2.88. The Morgan fingerprint density at radius 2 is 1.93 bits per heavy atom. The molecule has 1 rings (SSSR count). The van der Waals surface area contributed by atoms with Crippen molar-refractivity contribution in [1.29, 1.82) is 0 Å². The Balaban J connectivity index is 2.97. The Morgan fingerprint density at radius 1 is 1.27 bits per heavy atom. The molecule has 0 saturated carbocycles. The van der Waals surface area contributed by atoms with Crippen LogP contribution in [0.15, 0.2) is 18.2 Å². The van der Waals surface area contributed by atoms with Gasteiger partial charge in [-0.1, -0.05) is 6.92 Å². The van der Waals surface area contributed by atoms with Crippen molar-refractivity contribution in [3.63, 3.8) is 0 Å². The minimum Gasteiger partial charge on any atom is -0.497 e. The first-order chi connectivity index (χ1) is 6.96. The van der Waals surface area contributed by atoms with Crippen molar-refractivity contribution in [3.8, 4) is 11.5 Å². The monoisotopic (exact) mass is 220 g/mol. The van der Waals surface area contributed by atoms with E-state index < -0.39 is 6.36 Å². The number of rotatable bonds is 3. The molecule has 0 aliphatic heterocycles. The summed E-state index contributed by atoms with van der Waals surface area (Å²) in [7, 11) is 1.46. The molecule has 0 atom stereocenters. The highest BCUT2D eigenvalue weighted by atomic mass is 19.4. The average Bonchev–Trinajstić information content (AvgIpc) is 2.16. The Labute approximate surface area is 85.6 Å². The number of aryl methyl sites for hydroxylation is 1. The van der Waals surface area contributed by atoms with E-state index >= 15 is 0 Å². The van der Waals surface area contributed by atoms with Gasteiger partial charge in [0.1, 0.15) is 11.5 Å². The standard InChI is InChI=1S/C10H11F3O2/c1-3-7-6-8(14-2)4-5-9(7)15-10(11,12)13/h4-6H,3H2,1-2H3. The minimum atomic E-state index is -4.65. The average molecular weight is 220 g/mol. The number of hydrogen-bond acceptors (Lipinski definition) is 2. The predicted octanol–water partition coefficient (Wildman–Crippen LogP) is 3.16. The van der Waals surface area contributed by atoms with Crippen molar-refractivity contribution in [2.24, 2.45) is 0 Å². The molecule has 1 aromatic carbocycles. The van der Waals surface area contributed by atoms with Crippen LogP contribution < -0.4 is 9.47 Å². The molecule has 0 bridgehead atoms. The first kappa shape index (κ1) is 11.7. The van der Waals surface area contributed by atoms with Gasteiger partial charge >= 0.3 is 6.36 Å². The van der Waals surface area contributed by atoms with Crippen LogP contribution in [0.3, 0.4) is 0 Å². The van der Waals surface area contributed by atoms with Crippen molar-refractivity contribution < 1.29 is 22.6 Å². The summed E-state index contributed by atoms with van der Waals surface area (Å²) < 4.78 is 44.7. The number of alkyl halides is 3. The molecule has 1 aromatic rings. The highest BCUT2D eigenvalue weighted by Gasteiger charge is 2.31. The van der Waals surface area contributed by atoms with Gasteiger partial charge in [-0.15, -0.1) is 13.2 Å². The van der Waals surface area contributed by atoms with Crippen LogP contribution in [0.1, 0.15) is 12.5 Å². The second-order valence-corrected chi connectivity index (χ2v) is 2.88. The van der Waals surface area contributed by atoms with E-state index in [0.29, 0.717) is 17.7 Å². The third kappa shape index (κ3) is 3.34. The second kappa shape index (κ2) is 4.42. The zero-order valence-corrected chi connectivity index (χ0v) is 8.39. The van der Waals surface area contributed by atoms with Crippen LogP contribution in [0.25, 0.3) is 0 Å². The summed E-state index contributed by atoms with van der Waals surface area (Å²) in [4.78, 5) is 0. The van der Waals surface area contributed by atoms with Crippen LogP contribution in [-0.2, 0) is 6.42 Å². The lowest BCUT2D eigenvalue weighted by molar-refractivity contribution is -0.274. The summed E-state index contributed by atoms with van der Waals surface area (Å²) in [5, 5.41) is 0. The van der Waals surface area contributed by atoms with Crippen molar-refractivity contribution in [2.75, 3.05) is 7.11 Å². The number of benzene rings is 1. The van der Waals surface area contributed by atoms with Crippen molar-refractivity contribution in [3.05, 3.63) is 23.8 Å². The lowest BCUT2D eigenvalue weighted by Gasteiger charge is -2.13. The molecule has 15 heavy (non-hydrogen) atoms. The van der Waals surface area contributed by atoms with Gasteiger partial charge in [0.25, 0.3) is 0 Å². The quantitative estimate of drug-likeness (QED) is 0.779. The molecular weight excluding hydrogens is 209 g/mol. The number of methoxy groups -OCH3 is 1. The fourth-order valence-corrected chi connectivity index (χ4v) is 1.18. The Bertz CT molecular complexity index is 334. The van der Waals surface area contributed by atoms with E-state index in [1.54, 1.807) is 6.92 Å². The van der Waals surface area contributed by atoms with Crippen molar-refractivity contribution in [2.45, 2.75) is 19.7 Å². The molecule has 5 heteroatoms. The SMILES string of the molecule is CCc1cc(OC)ccc1OC(F)(F)F. The smallest absolute Gasteiger partial charge is 0.497 e. The van der Waals surface area contributed by atoms with Gasteiger partial charge < -0.3 is 9.47 Å². The first-order valence-corrected chi connectivity index (χ1v) is 4.39. The van der Waals surface area contributed by atoms with E-state index in [9.17, 15) is 13.2 Å². The van der Waals surface area contributed by atoms with Gasteiger partial charge in [-0.3, -0.25) is 0 Å². The van der Waals surface area contributed by atoms with E-state index in [1.807, 2.05) is 0 Å². The highest BCUT2D eigenvalue weighted by Crippen LogP contribution is 2.29. The van der Waals surface area contributed by atoms with E-state index in [1.165, 1.54) is 25.3 Å². The molecule has 0 aliphatic rings. The van der Waals surface area contributed by atoms with Gasteiger partial charge in [0, 0.05) is 0 Å². The fourth-order valence-electron chi connectivity index (χ4n) is 1.18. The van der Waals surface area contributed by atoms with Crippen LogP contribution in [-0.4, -0.2) is 13.5 Å². The molecule has 0 aliphatic carbocycles. The van der Waals surface area contributed by atoms with E-state index in [2.05, 4.69) is 4.74 Å². The molecule has 0 heterocycles. The zero-order valence-electron chi connectivity index (χ0n) is 8.39. The van der Waals surface area contributed by atoms with Gasteiger partial charge in [-0.25, -0.2) is 0 Å². The Kier molecular flexibility index (Phi) is 3.44. The van der Waals surface area contributed by atoms with E-state index in [4.69, 9.17) is 4.74 Å². The third-order valence-corrected chi connectivity index (χ3v) is 1.87. The van der Waals surface area contributed by atoms with E-state index in [-0.39, 0.29) is 5.75 Å². The largest absolute Gasteiger partial charge is 0.573 e. The van der Waals surface area contributed by atoms with Crippen LogP contribution in [0.4, 0.5) is 13.2 Å². The fraction of sp³-hybridized carbons (Fsp3) is 0.400. The highest BCUT2D eigenvalue weighted by molar-refractivity contribution is 5.40. The minimum absolute atomic E-state index is 0.175. The van der Waals surface area contributed by atoms with Crippen LogP contribution >= 0.6 is 0 Å². The van der Waals surface area contributed by atoms with Crippen LogP contribution in [0.5, 0.6) is 11.5 Å².